The molecule has 20 heavy (non-hydrogen) atoms. The number of methoxy groups -OCH3 is 1. The highest BCUT2D eigenvalue weighted by atomic mass is 16.5. The number of para-hydroxylation sites is 1. The Morgan fingerprint density at radius 3 is 2.55 bits per heavy atom. The first-order valence-corrected chi connectivity index (χ1v) is 7.40. The van der Waals surface area contributed by atoms with Gasteiger partial charge in [0.1, 0.15) is 5.75 Å². The highest BCUT2D eigenvalue weighted by molar-refractivity contribution is 6.00. The van der Waals surface area contributed by atoms with Gasteiger partial charge in [0.25, 0.3) is 0 Å². The van der Waals surface area contributed by atoms with Gasteiger partial charge in [0.2, 0.25) is 0 Å². The summed E-state index contributed by atoms with van der Waals surface area (Å²) in [5.74, 6) is 0.830. The predicted octanol–water partition coefficient (Wildman–Crippen LogP) is 1.66. The number of ketones is 1. The third-order valence-corrected chi connectivity index (χ3v) is 4.24. The summed E-state index contributed by atoms with van der Waals surface area (Å²) in [5, 5.41) is 0. The lowest BCUT2D eigenvalue weighted by Crippen LogP contribution is -2.48. The molecule has 1 aliphatic carbocycles. The van der Waals surface area contributed by atoms with Gasteiger partial charge >= 0.3 is 0 Å². The number of Topliss-reactive ketones (excluding diaryl/α,β-unsaturated/α-hetero) is 1. The van der Waals surface area contributed by atoms with Crippen molar-refractivity contribution in [3.05, 3.63) is 29.8 Å². The van der Waals surface area contributed by atoms with Crippen molar-refractivity contribution >= 4 is 5.78 Å². The molecule has 3 rings (SSSR count). The van der Waals surface area contributed by atoms with E-state index in [9.17, 15) is 4.79 Å². The topological polar surface area (TPSA) is 32.8 Å². The minimum atomic E-state index is 0.155. The number of carbonyl (C=O) groups excluding carboxylic acids is 1. The van der Waals surface area contributed by atoms with Gasteiger partial charge in [-0.1, -0.05) is 12.1 Å². The van der Waals surface area contributed by atoms with Crippen LogP contribution in [0.3, 0.4) is 0 Å². The van der Waals surface area contributed by atoms with E-state index in [-0.39, 0.29) is 5.78 Å². The molecule has 4 heteroatoms. The summed E-state index contributed by atoms with van der Waals surface area (Å²) in [7, 11) is 1.61. The second-order valence-corrected chi connectivity index (χ2v) is 5.67. The first kappa shape index (κ1) is 13.6. The van der Waals surface area contributed by atoms with Crippen LogP contribution in [0.1, 0.15) is 23.2 Å². The van der Waals surface area contributed by atoms with Crippen molar-refractivity contribution in [2.45, 2.75) is 18.9 Å². The Labute approximate surface area is 120 Å². The maximum Gasteiger partial charge on any atom is 0.180 e. The third-order valence-electron chi connectivity index (χ3n) is 4.24. The Balaban J connectivity index is 1.56. The summed E-state index contributed by atoms with van der Waals surface area (Å²) in [6.07, 6.45) is 2.72. The summed E-state index contributed by atoms with van der Waals surface area (Å²) in [6.45, 7) is 4.70. The molecule has 1 saturated heterocycles. The Hall–Kier alpha value is -1.39. The van der Waals surface area contributed by atoms with E-state index < -0.39 is 0 Å². The molecule has 108 valence electrons. The molecule has 2 fully saturated rings. The molecule has 1 saturated carbocycles. The molecule has 0 bridgehead atoms. The van der Waals surface area contributed by atoms with Crippen molar-refractivity contribution < 1.29 is 9.53 Å². The van der Waals surface area contributed by atoms with Gasteiger partial charge < -0.3 is 4.74 Å². The molecule has 0 radical (unpaired) electrons. The summed E-state index contributed by atoms with van der Waals surface area (Å²) in [5.41, 5.74) is 0.694. The van der Waals surface area contributed by atoms with E-state index >= 15 is 0 Å². The van der Waals surface area contributed by atoms with Gasteiger partial charge in [-0.25, -0.2) is 0 Å². The molecule has 0 unspecified atom stereocenters. The largest absolute Gasteiger partial charge is 0.496 e. The molecule has 0 N–H and O–H groups in total. The summed E-state index contributed by atoms with van der Waals surface area (Å²) in [6, 6.07) is 8.31. The van der Waals surface area contributed by atoms with Gasteiger partial charge in [-0.2, -0.15) is 0 Å². The SMILES string of the molecule is COc1ccccc1C(=O)CN1CCN(C2CC2)CC1. The zero-order chi connectivity index (χ0) is 13.9. The molecule has 0 atom stereocenters. The first-order valence-electron chi connectivity index (χ1n) is 7.40. The van der Waals surface area contributed by atoms with Gasteiger partial charge in [0.05, 0.1) is 19.2 Å². The molecule has 1 heterocycles. The lowest BCUT2D eigenvalue weighted by Gasteiger charge is -2.34. The Bertz CT molecular complexity index is 477. The molecular weight excluding hydrogens is 252 g/mol. The van der Waals surface area contributed by atoms with Crippen LogP contribution in [-0.2, 0) is 0 Å². The Morgan fingerprint density at radius 1 is 1.20 bits per heavy atom. The maximum absolute atomic E-state index is 12.4. The molecule has 0 spiro atoms. The number of nitrogens with zero attached hydrogens (tertiary/aromatic N) is 2. The van der Waals surface area contributed by atoms with Crippen LogP contribution >= 0.6 is 0 Å². The van der Waals surface area contributed by atoms with Crippen LogP contribution in [0, 0.1) is 0 Å². The van der Waals surface area contributed by atoms with Gasteiger partial charge in [0.15, 0.2) is 5.78 Å². The Kier molecular flexibility index (Phi) is 4.03. The summed E-state index contributed by atoms with van der Waals surface area (Å²) < 4.78 is 5.26. The molecule has 1 aliphatic heterocycles. The molecule has 2 aliphatic rings. The second-order valence-electron chi connectivity index (χ2n) is 5.67. The van der Waals surface area contributed by atoms with Crippen molar-refractivity contribution in [3.63, 3.8) is 0 Å². The number of rotatable bonds is 5. The highest BCUT2D eigenvalue weighted by Crippen LogP contribution is 2.27. The lowest BCUT2D eigenvalue weighted by molar-refractivity contribution is 0.0841. The minimum absolute atomic E-state index is 0.155. The standard InChI is InChI=1S/C16H22N2O2/c1-20-16-5-3-2-4-14(16)15(19)12-17-8-10-18(11-9-17)13-6-7-13/h2-5,13H,6-12H2,1H3. The summed E-state index contributed by atoms with van der Waals surface area (Å²) in [4.78, 5) is 17.2. The number of piperazine rings is 1. The fourth-order valence-electron chi connectivity index (χ4n) is 2.89. The van der Waals surface area contributed by atoms with Crippen LogP contribution < -0.4 is 4.74 Å². The monoisotopic (exact) mass is 274 g/mol. The lowest BCUT2D eigenvalue weighted by atomic mass is 10.1. The van der Waals surface area contributed by atoms with Gasteiger partial charge in [-0.05, 0) is 25.0 Å². The fourth-order valence-corrected chi connectivity index (χ4v) is 2.89. The smallest absolute Gasteiger partial charge is 0.180 e. The second kappa shape index (κ2) is 5.94. The minimum Gasteiger partial charge on any atom is -0.496 e. The number of benzene rings is 1. The van der Waals surface area contributed by atoms with Gasteiger partial charge in [0, 0.05) is 32.2 Å². The van der Waals surface area contributed by atoms with Crippen LogP contribution in [0.2, 0.25) is 0 Å². The van der Waals surface area contributed by atoms with Crippen molar-refractivity contribution in [3.8, 4) is 5.75 Å². The fraction of sp³-hybridized carbons (Fsp3) is 0.562. The van der Waals surface area contributed by atoms with Crippen molar-refractivity contribution in [1.29, 1.82) is 0 Å². The van der Waals surface area contributed by atoms with Crippen LogP contribution in [0.15, 0.2) is 24.3 Å². The van der Waals surface area contributed by atoms with E-state index in [0.717, 1.165) is 32.2 Å². The zero-order valence-electron chi connectivity index (χ0n) is 12.0. The van der Waals surface area contributed by atoms with Crippen LogP contribution in [0.4, 0.5) is 0 Å². The van der Waals surface area contributed by atoms with Crippen molar-refractivity contribution in [1.82, 2.24) is 9.80 Å². The number of ether oxygens (including phenoxy) is 1. The molecule has 1 aromatic carbocycles. The van der Waals surface area contributed by atoms with E-state index in [1.54, 1.807) is 7.11 Å². The highest BCUT2D eigenvalue weighted by Gasteiger charge is 2.31. The average molecular weight is 274 g/mol. The quantitative estimate of drug-likeness (QED) is 0.765. The van der Waals surface area contributed by atoms with Crippen molar-refractivity contribution in [2.24, 2.45) is 0 Å². The molecular formula is C16H22N2O2. The molecule has 4 nitrogen and oxygen atoms in total. The average Bonchev–Trinajstić information content (AvgIpc) is 3.32. The molecule has 0 amide bonds. The molecule has 0 aromatic heterocycles. The summed E-state index contributed by atoms with van der Waals surface area (Å²) >= 11 is 0. The van der Waals surface area contributed by atoms with E-state index in [1.165, 1.54) is 12.8 Å². The zero-order valence-corrected chi connectivity index (χ0v) is 12.0. The number of carbonyl (C=O) groups is 1. The first-order chi connectivity index (χ1) is 9.78. The van der Waals surface area contributed by atoms with E-state index in [0.29, 0.717) is 17.9 Å². The van der Waals surface area contributed by atoms with E-state index in [1.807, 2.05) is 24.3 Å². The Morgan fingerprint density at radius 2 is 1.90 bits per heavy atom. The van der Waals surface area contributed by atoms with Crippen molar-refractivity contribution in [2.75, 3.05) is 39.8 Å². The third kappa shape index (κ3) is 3.02. The van der Waals surface area contributed by atoms with Crippen LogP contribution in [0.25, 0.3) is 0 Å². The van der Waals surface area contributed by atoms with Crippen LogP contribution in [0.5, 0.6) is 5.75 Å². The molecule has 1 aromatic rings. The number of hydrogen-bond donors (Lipinski definition) is 0. The van der Waals surface area contributed by atoms with E-state index in [2.05, 4.69) is 9.80 Å². The number of hydrogen-bond acceptors (Lipinski definition) is 4. The normalized spacial score (nSPS) is 20.9. The predicted molar refractivity (Wildman–Crippen MR) is 78.4 cm³/mol. The van der Waals surface area contributed by atoms with Gasteiger partial charge in [-0.15, -0.1) is 0 Å². The van der Waals surface area contributed by atoms with Crippen LogP contribution in [-0.4, -0.2) is 61.5 Å². The van der Waals surface area contributed by atoms with E-state index in [4.69, 9.17) is 4.74 Å². The maximum atomic E-state index is 12.4. The van der Waals surface area contributed by atoms with Gasteiger partial charge in [-0.3, -0.25) is 14.6 Å².